The number of carboxylic acid groups (broad SMARTS) is 1. The van der Waals surface area contributed by atoms with E-state index in [0.717, 1.165) is 12.0 Å². The highest BCUT2D eigenvalue weighted by Gasteiger charge is 2.32. The lowest BCUT2D eigenvalue weighted by molar-refractivity contribution is -0.137. The predicted molar refractivity (Wildman–Crippen MR) is 93.9 cm³/mol. The third-order valence-electron chi connectivity index (χ3n) is 3.94. The summed E-state index contributed by atoms with van der Waals surface area (Å²) in [5, 5.41) is 12.2. The van der Waals surface area contributed by atoms with Crippen LogP contribution in [0.15, 0.2) is 23.6 Å². The summed E-state index contributed by atoms with van der Waals surface area (Å²) in [4.78, 5) is 29.6. The Morgan fingerprint density at radius 1 is 1.33 bits per heavy atom. The van der Waals surface area contributed by atoms with Crippen LogP contribution in [-0.2, 0) is 4.79 Å². The molecule has 1 aromatic carbocycles. The van der Waals surface area contributed by atoms with Crippen LogP contribution in [0.5, 0.6) is 0 Å². The molecule has 8 heteroatoms. The number of nitrogens with zero attached hydrogens (tertiary/aromatic N) is 2. The normalized spacial score (nSPS) is 17.2. The molecule has 0 spiro atoms. The first-order valence-corrected chi connectivity index (χ1v) is 9.03. The minimum atomic E-state index is -0.894. The number of thiazole rings is 1. The Morgan fingerprint density at radius 2 is 2.12 bits per heavy atom. The second kappa shape index (κ2) is 7.09. The van der Waals surface area contributed by atoms with Gasteiger partial charge >= 0.3 is 5.97 Å². The Balaban J connectivity index is 1.80. The number of benzene rings is 1. The van der Waals surface area contributed by atoms with Crippen LogP contribution in [0.1, 0.15) is 29.8 Å². The van der Waals surface area contributed by atoms with E-state index in [2.05, 4.69) is 4.98 Å². The molecule has 0 aliphatic carbocycles. The molecule has 2 aromatic rings. The first-order chi connectivity index (χ1) is 11.5. The van der Waals surface area contributed by atoms with Crippen LogP contribution in [0.25, 0.3) is 10.6 Å². The number of likely N-dealkylation sites (tertiary alicyclic amines) is 1. The van der Waals surface area contributed by atoms with E-state index in [1.54, 1.807) is 28.5 Å². The highest BCUT2D eigenvalue weighted by atomic mass is 35.5. The molecular weight excluding hydrogens is 371 g/mol. The zero-order valence-electron chi connectivity index (χ0n) is 12.5. The summed E-state index contributed by atoms with van der Waals surface area (Å²) >= 11 is 13.3. The van der Waals surface area contributed by atoms with Crippen LogP contribution >= 0.6 is 34.5 Å². The van der Waals surface area contributed by atoms with Gasteiger partial charge in [-0.25, -0.2) is 4.98 Å². The number of carbonyl (C=O) groups is 2. The zero-order chi connectivity index (χ0) is 17.3. The predicted octanol–water partition coefficient (Wildman–Crippen LogP) is 4.20. The molecule has 1 aliphatic rings. The lowest BCUT2D eigenvalue weighted by atomic mass is 10.1. The zero-order valence-corrected chi connectivity index (χ0v) is 14.9. The molecule has 1 aromatic heterocycles. The first-order valence-electron chi connectivity index (χ1n) is 7.39. The second-order valence-corrected chi connectivity index (χ2v) is 7.23. The molecular formula is C16H14Cl2N2O3S. The maximum Gasteiger partial charge on any atom is 0.305 e. The number of carbonyl (C=O) groups excluding carboxylic acids is 1. The van der Waals surface area contributed by atoms with Gasteiger partial charge in [-0.05, 0) is 25.0 Å². The van der Waals surface area contributed by atoms with Gasteiger partial charge in [-0.3, -0.25) is 9.59 Å². The summed E-state index contributed by atoms with van der Waals surface area (Å²) in [6.45, 7) is 0.566. The van der Waals surface area contributed by atoms with Crippen molar-refractivity contribution in [1.82, 2.24) is 9.88 Å². The average molecular weight is 385 g/mol. The summed E-state index contributed by atoms with van der Waals surface area (Å²) in [5.74, 6) is -1.12. The first kappa shape index (κ1) is 17.2. The fourth-order valence-corrected chi connectivity index (χ4v) is 3.89. The van der Waals surface area contributed by atoms with Crippen molar-refractivity contribution in [3.8, 4) is 10.6 Å². The lowest BCUT2D eigenvalue weighted by Crippen LogP contribution is -2.37. The number of rotatable bonds is 4. The Bertz CT molecular complexity index is 793. The minimum Gasteiger partial charge on any atom is -0.481 e. The summed E-state index contributed by atoms with van der Waals surface area (Å²) in [5.41, 5.74) is 1.12. The third kappa shape index (κ3) is 3.55. The second-order valence-electron chi connectivity index (χ2n) is 5.56. The van der Waals surface area contributed by atoms with Crippen LogP contribution in [0.2, 0.25) is 10.0 Å². The third-order valence-corrected chi connectivity index (χ3v) is 5.57. The van der Waals surface area contributed by atoms with Gasteiger partial charge in [-0.15, -0.1) is 11.3 Å². The number of hydrogen-bond acceptors (Lipinski definition) is 4. The number of halogens is 2. The Kier molecular flexibility index (Phi) is 5.08. The maximum absolute atomic E-state index is 12.6. The van der Waals surface area contributed by atoms with Crippen molar-refractivity contribution in [3.05, 3.63) is 39.3 Å². The Morgan fingerprint density at radius 3 is 2.83 bits per heavy atom. The van der Waals surface area contributed by atoms with E-state index in [1.165, 1.54) is 11.3 Å². The van der Waals surface area contributed by atoms with E-state index in [-0.39, 0.29) is 18.4 Å². The fourth-order valence-electron chi connectivity index (χ4n) is 2.80. The summed E-state index contributed by atoms with van der Waals surface area (Å²) < 4.78 is 0. The minimum absolute atomic E-state index is 0.0322. The molecule has 1 saturated heterocycles. The number of aliphatic carboxylic acids is 1. The van der Waals surface area contributed by atoms with Gasteiger partial charge in [0, 0.05) is 23.5 Å². The molecule has 1 fully saturated rings. The van der Waals surface area contributed by atoms with E-state index < -0.39 is 5.97 Å². The van der Waals surface area contributed by atoms with Gasteiger partial charge in [0.2, 0.25) is 0 Å². The van der Waals surface area contributed by atoms with Crippen LogP contribution in [0, 0.1) is 0 Å². The molecule has 0 saturated carbocycles. The van der Waals surface area contributed by atoms with E-state index in [1.807, 2.05) is 0 Å². The van der Waals surface area contributed by atoms with Crippen molar-refractivity contribution in [2.45, 2.75) is 25.3 Å². The lowest BCUT2D eigenvalue weighted by Gasteiger charge is -2.22. The van der Waals surface area contributed by atoms with Crippen molar-refractivity contribution in [1.29, 1.82) is 0 Å². The molecule has 5 nitrogen and oxygen atoms in total. The largest absolute Gasteiger partial charge is 0.481 e. The van der Waals surface area contributed by atoms with Crippen molar-refractivity contribution in [2.24, 2.45) is 0 Å². The van der Waals surface area contributed by atoms with Crippen molar-refractivity contribution in [2.75, 3.05) is 6.54 Å². The van der Waals surface area contributed by atoms with Gasteiger partial charge < -0.3 is 10.0 Å². The molecule has 1 atom stereocenters. The van der Waals surface area contributed by atoms with Crippen LogP contribution < -0.4 is 0 Å². The highest BCUT2D eigenvalue weighted by Crippen LogP contribution is 2.31. The van der Waals surface area contributed by atoms with Gasteiger partial charge in [-0.1, -0.05) is 29.3 Å². The summed E-state index contributed by atoms with van der Waals surface area (Å²) in [7, 11) is 0. The van der Waals surface area contributed by atoms with Gasteiger partial charge in [0.1, 0.15) is 10.7 Å². The van der Waals surface area contributed by atoms with Crippen molar-refractivity contribution in [3.63, 3.8) is 0 Å². The smallest absolute Gasteiger partial charge is 0.305 e. The molecule has 2 heterocycles. The summed E-state index contributed by atoms with van der Waals surface area (Å²) in [6, 6.07) is 4.93. The van der Waals surface area contributed by atoms with Gasteiger partial charge in [0.25, 0.3) is 5.91 Å². The standard InChI is InChI=1S/C16H14Cl2N2O3S/c17-11-4-3-9(6-12(11)18)15-19-13(8-24-15)16(23)20-5-1-2-10(20)7-14(21)22/h3-4,6,8,10H,1-2,5,7H2,(H,21,22). The van der Waals surface area contributed by atoms with Crippen LogP contribution in [-0.4, -0.2) is 39.5 Å². The monoisotopic (exact) mass is 384 g/mol. The molecule has 1 aliphatic heterocycles. The van der Waals surface area contributed by atoms with Crippen LogP contribution in [0.3, 0.4) is 0 Å². The molecule has 1 unspecified atom stereocenters. The van der Waals surface area contributed by atoms with E-state index in [4.69, 9.17) is 28.3 Å². The van der Waals surface area contributed by atoms with Gasteiger partial charge in [-0.2, -0.15) is 0 Å². The van der Waals surface area contributed by atoms with Gasteiger partial charge in [0.05, 0.1) is 16.5 Å². The molecule has 1 amide bonds. The van der Waals surface area contributed by atoms with E-state index in [9.17, 15) is 9.59 Å². The molecule has 3 rings (SSSR count). The SMILES string of the molecule is O=C(O)CC1CCCN1C(=O)c1csc(-c2ccc(Cl)c(Cl)c2)n1. The maximum atomic E-state index is 12.6. The average Bonchev–Trinajstić information content (AvgIpc) is 3.18. The summed E-state index contributed by atoms with van der Waals surface area (Å²) in [6.07, 6.45) is 1.49. The molecule has 1 N–H and O–H groups in total. The molecule has 126 valence electrons. The Hall–Kier alpha value is -1.63. The van der Waals surface area contributed by atoms with Crippen molar-refractivity contribution >= 4 is 46.4 Å². The topological polar surface area (TPSA) is 70.5 Å². The quantitative estimate of drug-likeness (QED) is 0.857. The number of hydrogen-bond donors (Lipinski definition) is 1. The molecule has 0 radical (unpaired) electrons. The van der Waals surface area contributed by atoms with E-state index in [0.29, 0.717) is 33.7 Å². The van der Waals surface area contributed by atoms with Crippen molar-refractivity contribution < 1.29 is 14.7 Å². The fraction of sp³-hybridized carbons (Fsp3) is 0.312. The number of amides is 1. The number of aromatic nitrogens is 1. The Labute approximate surface area is 152 Å². The number of carboxylic acids is 1. The molecule has 0 bridgehead atoms. The van der Waals surface area contributed by atoms with Crippen LogP contribution in [0.4, 0.5) is 0 Å². The molecule has 24 heavy (non-hydrogen) atoms. The van der Waals surface area contributed by atoms with E-state index >= 15 is 0 Å². The highest BCUT2D eigenvalue weighted by molar-refractivity contribution is 7.13. The van der Waals surface area contributed by atoms with Gasteiger partial charge in [0.15, 0.2) is 0 Å².